The number of rotatable bonds is 22. The fourth-order valence-corrected chi connectivity index (χ4v) is 5.52. The van der Waals surface area contributed by atoms with E-state index in [4.69, 9.17) is 14.2 Å². The Labute approximate surface area is 266 Å². The van der Waals surface area contributed by atoms with Gasteiger partial charge in [-0.2, -0.15) is 0 Å². The van der Waals surface area contributed by atoms with Crippen LogP contribution in [-0.4, -0.2) is 36.5 Å². The maximum Gasteiger partial charge on any atom is 0.336 e. The Hall–Kier alpha value is -3.31. The second kappa shape index (κ2) is 19.9. The molecular weight excluding hydrogens is 548 g/mol. The molecule has 0 bridgehead atoms. The van der Waals surface area contributed by atoms with Crippen molar-refractivity contribution in [3.8, 4) is 33.8 Å². The van der Waals surface area contributed by atoms with Crippen LogP contribution in [0.25, 0.3) is 22.3 Å². The molecule has 0 heterocycles. The van der Waals surface area contributed by atoms with E-state index in [9.17, 15) is 9.90 Å². The monoisotopic (exact) mass is 602 g/mol. The third kappa shape index (κ3) is 12.4. The standard InChI is InChI=1S/C39H54O5/c1-5-7-8-9-10-11-12-13-14-15-27-43-36-24-25-37(39(40)41)38(29-36)34-18-16-32(17-19-34)33-20-22-35(23-21-33)44-31(4)28-30(3)42-26-6-2/h16-25,29-31H,5-15,26-28H2,1-4H3,(H,40,41)/t30-,31+/m0/s1. The number of hydrogen-bond acceptors (Lipinski definition) is 4. The number of aromatic carboxylic acids is 1. The van der Waals surface area contributed by atoms with E-state index in [1.807, 2.05) is 42.5 Å². The fraction of sp³-hybridized carbons (Fsp3) is 0.513. The highest BCUT2D eigenvalue weighted by Crippen LogP contribution is 2.31. The Morgan fingerprint density at radius 2 is 1.18 bits per heavy atom. The van der Waals surface area contributed by atoms with Gasteiger partial charge in [-0.25, -0.2) is 4.79 Å². The number of benzene rings is 3. The van der Waals surface area contributed by atoms with Gasteiger partial charge in [0.25, 0.3) is 0 Å². The van der Waals surface area contributed by atoms with Crippen molar-refractivity contribution in [3.05, 3.63) is 72.3 Å². The molecule has 0 aliphatic rings. The van der Waals surface area contributed by atoms with Crippen molar-refractivity contribution in [1.82, 2.24) is 0 Å². The molecule has 5 heteroatoms. The van der Waals surface area contributed by atoms with Crippen molar-refractivity contribution in [1.29, 1.82) is 0 Å². The van der Waals surface area contributed by atoms with Gasteiger partial charge in [-0.15, -0.1) is 0 Å². The van der Waals surface area contributed by atoms with Crippen LogP contribution in [0.15, 0.2) is 66.7 Å². The van der Waals surface area contributed by atoms with Gasteiger partial charge in [-0.1, -0.05) is 108 Å². The zero-order valence-corrected chi connectivity index (χ0v) is 27.5. The van der Waals surface area contributed by atoms with Crippen molar-refractivity contribution in [2.75, 3.05) is 13.2 Å². The first-order valence-electron chi connectivity index (χ1n) is 16.9. The van der Waals surface area contributed by atoms with E-state index in [1.165, 1.54) is 51.4 Å². The first-order chi connectivity index (χ1) is 21.4. The predicted octanol–water partition coefficient (Wildman–Crippen LogP) is 11.0. The number of carboxylic acid groups (broad SMARTS) is 1. The van der Waals surface area contributed by atoms with Crippen LogP contribution in [0.3, 0.4) is 0 Å². The van der Waals surface area contributed by atoms with Crippen molar-refractivity contribution >= 4 is 5.97 Å². The summed E-state index contributed by atoms with van der Waals surface area (Å²) < 4.78 is 17.9. The molecule has 0 saturated heterocycles. The highest BCUT2D eigenvalue weighted by Gasteiger charge is 2.14. The Kier molecular flexibility index (Phi) is 15.9. The normalized spacial score (nSPS) is 12.5. The first kappa shape index (κ1) is 35.2. The molecule has 3 aromatic carbocycles. The van der Waals surface area contributed by atoms with Crippen molar-refractivity contribution in [2.24, 2.45) is 0 Å². The largest absolute Gasteiger partial charge is 0.494 e. The summed E-state index contributed by atoms with van der Waals surface area (Å²) in [4.78, 5) is 12.0. The van der Waals surface area contributed by atoms with Crippen LogP contribution in [-0.2, 0) is 4.74 Å². The van der Waals surface area contributed by atoms with Crippen molar-refractivity contribution < 1.29 is 24.1 Å². The number of carbonyl (C=O) groups is 1. The zero-order chi connectivity index (χ0) is 31.6. The van der Waals surface area contributed by atoms with Gasteiger partial charge in [0.05, 0.1) is 24.4 Å². The van der Waals surface area contributed by atoms with E-state index in [0.29, 0.717) is 17.9 Å². The smallest absolute Gasteiger partial charge is 0.336 e. The third-order valence-corrected chi connectivity index (χ3v) is 7.98. The Morgan fingerprint density at radius 1 is 0.636 bits per heavy atom. The molecule has 0 aliphatic carbocycles. The lowest BCUT2D eigenvalue weighted by Crippen LogP contribution is -2.21. The zero-order valence-electron chi connectivity index (χ0n) is 27.5. The van der Waals surface area contributed by atoms with Gasteiger partial charge < -0.3 is 19.3 Å². The summed E-state index contributed by atoms with van der Waals surface area (Å²) in [5.74, 6) is 0.601. The lowest BCUT2D eigenvalue weighted by Gasteiger charge is -2.19. The van der Waals surface area contributed by atoms with Crippen molar-refractivity contribution in [2.45, 2.75) is 117 Å². The number of unbranched alkanes of at least 4 members (excludes halogenated alkanes) is 9. The minimum Gasteiger partial charge on any atom is -0.494 e. The summed E-state index contributed by atoms with van der Waals surface area (Å²) in [6.45, 7) is 9.95. The fourth-order valence-electron chi connectivity index (χ4n) is 5.52. The van der Waals surface area contributed by atoms with E-state index in [1.54, 1.807) is 12.1 Å². The molecule has 3 aromatic rings. The molecule has 2 atom stereocenters. The van der Waals surface area contributed by atoms with E-state index < -0.39 is 5.97 Å². The molecule has 0 spiro atoms. The van der Waals surface area contributed by atoms with Gasteiger partial charge in [0, 0.05) is 13.0 Å². The van der Waals surface area contributed by atoms with E-state index in [2.05, 4.69) is 39.8 Å². The van der Waals surface area contributed by atoms with Gasteiger partial charge in [-0.05, 0) is 79.3 Å². The van der Waals surface area contributed by atoms with Crippen LogP contribution in [0.2, 0.25) is 0 Å². The molecule has 0 amide bonds. The molecule has 0 saturated carbocycles. The van der Waals surface area contributed by atoms with Gasteiger partial charge in [-0.3, -0.25) is 0 Å². The minimum absolute atomic E-state index is 0.0602. The molecule has 0 radical (unpaired) electrons. The Balaban J connectivity index is 1.53. The average Bonchev–Trinajstić information content (AvgIpc) is 3.03. The maximum absolute atomic E-state index is 12.0. The van der Waals surface area contributed by atoms with Crippen LogP contribution in [0.1, 0.15) is 115 Å². The van der Waals surface area contributed by atoms with Crippen LogP contribution < -0.4 is 9.47 Å². The second-order valence-electron chi connectivity index (χ2n) is 12.0. The third-order valence-electron chi connectivity index (χ3n) is 7.98. The highest BCUT2D eigenvalue weighted by atomic mass is 16.5. The number of ether oxygens (including phenoxy) is 3. The molecule has 240 valence electrons. The van der Waals surface area contributed by atoms with E-state index >= 15 is 0 Å². The Bertz CT molecular complexity index is 1220. The molecule has 0 unspecified atom stereocenters. The first-order valence-corrected chi connectivity index (χ1v) is 16.9. The van der Waals surface area contributed by atoms with Crippen molar-refractivity contribution in [3.63, 3.8) is 0 Å². The van der Waals surface area contributed by atoms with Crippen LogP contribution in [0.4, 0.5) is 0 Å². The molecule has 44 heavy (non-hydrogen) atoms. The number of carboxylic acids is 1. The van der Waals surface area contributed by atoms with Gasteiger partial charge in [0.15, 0.2) is 0 Å². The molecule has 0 aromatic heterocycles. The van der Waals surface area contributed by atoms with Crippen LogP contribution in [0, 0.1) is 0 Å². The summed E-state index contributed by atoms with van der Waals surface area (Å²) in [6, 6.07) is 21.4. The summed E-state index contributed by atoms with van der Waals surface area (Å²) in [7, 11) is 0. The van der Waals surface area contributed by atoms with E-state index in [-0.39, 0.29) is 17.8 Å². The van der Waals surface area contributed by atoms with Gasteiger partial charge in [0.2, 0.25) is 0 Å². The predicted molar refractivity (Wildman–Crippen MR) is 182 cm³/mol. The summed E-state index contributed by atoms with van der Waals surface area (Å²) in [5.41, 5.74) is 3.92. The molecule has 0 fully saturated rings. The average molecular weight is 603 g/mol. The molecule has 1 N–H and O–H groups in total. The quantitative estimate of drug-likeness (QED) is 0.116. The topological polar surface area (TPSA) is 65.0 Å². The lowest BCUT2D eigenvalue weighted by molar-refractivity contribution is 0.0351. The maximum atomic E-state index is 12.0. The van der Waals surface area contributed by atoms with Crippen LogP contribution >= 0.6 is 0 Å². The second-order valence-corrected chi connectivity index (χ2v) is 12.0. The highest BCUT2D eigenvalue weighted by molar-refractivity contribution is 5.96. The Morgan fingerprint density at radius 3 is 1.77 bits per heavy atom. The summed E-state index contributed by atoms with van der Waals surface area (Å²) in [6.07, 6.45) is 14.9. The molecule has 3 rings (SSSR count). The van der Waals surface area contributed by atoms with Gasteiger partial charge in [0.1, 0.15) is 11.5 Å². The van der Waals surface area contributed by atoms with E-state index in [0.717, 1.165) is 54.7 Å². The number of hydrogen-bond donors (Lipinski definition) is 1. The molecular formula is C39H54O5. The lowest BCUT2D eigenvalue weighted by atomic mass is 9.96. The molecule has 0 aliphatic heterocycles. The van der Waals surface area contributed by atoms with Gasteiger partial charge >= 0.3 is 5.97 Å². The van der Waals surface area contributed by atoms with Crippen LogP contribution in [0.5, 0.6) is 11.5 Å². The molecule has 5 nitrogen and oxygen atoms in total. The SMILES string of the molecule is CCCCCCCCCCCCOc1ccc(C(=O)O)c(-c2ccc(-c3ccc(O[C@H](C)C[C@H](C)OCCC)cc3)cc2)c1. The minimum atomic E-state index is -0.943. The summed E-state index contributed by atoms with van der Waals surface area (Å²) in [5, 5.41) is 9.84. The summed E-state index contributed by atoms with van der Waals surface area (Å²) >= 11 is 0.